The number of hydrogen-bond acceptors (Lipinski definition) is 6. The van der Waals surface area contributed by atoms with E-state index in [4.69, 9.17) is 4.74 Å². The van der Waals surface area contributed by atoms with Crippen LogP contribution in [-0.4, -0.2) is 58.4 Å². The van der Waals surface area contributed by atoms with Crippen LogP contribution >= 0.6 is 0 Å². The Morgan fingerprint density at radius 1 is 1.15 bits per heavy atom. The maximum absolute atomic E-state index is 11.9. The van der Waals surface area contributed by atoms with Crippen LogP contribution in [0.1, 0.15) is 5.56 Å². The van der Waals surface area contributed by atoms with Gasteiger partial charge >= 0.3 is 0 Å². The van der Waals surface area contributed by atoms with E-state index >= 15 is 0 Å². The zero-order valence-corrected chi connectivity index (χ0v) is 15.2. The van der Waals surface area contributed by atoms with Crippen LogP contribution in [0.4, 0.5) is 5.82 Å². The van der Waals surface area contributed by atoms with Crippen LogP contribution < -0.4 is 15.2 Å². The molecular formula is C19H22N6O2. The molecule has 0 saturated carbocycles. The lowest BCUT2D eigenvalue weighted by atomic mass is 10.1. The molecule has 1 saturated heterocycles. The molecule has 0 amide bonds. The van der Waals surface area contributed by atoms with E-state index in [-0.39, 0.29) is 5.56 Å². The van der Waals surface area contributed by atoms with Gasteiger partial charge in [-0.15, -0.1) is 0 Å². The van der Waals surface area contributed by atoms with Gasteiger partial charge in [-0.05, 0) is 24.3 Å². The summed E-state index contributed by atoms with van der Waals surface area (Å²) in [6, 6.07) is 7.95. The van der Waals surface area contributed by atoms with Crippen LogP contribution in [0.25, 0.3) is 11.3 Å². The zero-order chi connectivity index (χ0) is 18.6. The summed E-state index contributed by atoms with van der Waals surface area (Å²) < 4.78 is 5.22. The van der Waals surface area contributed by atoms with E-state index in [1.807, 2.05) is 35.4 Å². The Kier molecular flexibility index (Phi) is 4.88. The van der Waals surface area contributed by atoms with Crippen molar-refractivity contribution in [2.24, 2.45) is 0 Å². The number of ether oxygens (including phenoxy) is 1. The Hall–Kier alpha value is -3.13. The van der Waals surface area contributed by atoms with E-state index < -0.39 is 0 Å². The van der Waals surface area contributed by atoms with Gasteiger partial charge in [-0.2, -0.15) is 5.10 Å². The highest BCUT2D eigenvalue weighted by molar-refractivity contribution is 5.63. The second kappa shape index (κ2) is 7.63. The van der Waals surface area contributed by atoms with Gasteiger partial charge in [0, 0.05) is 56.2 Å². The van der Waals surface area contributed by atoms with E-state index in [9.17, 15) is 4.79 Å². The molecule has 0 unspecified atom stereocenters. The van der Waals surface area contributed by atoms with Crippen molar-refractivity contribution in [3.8, 4) is 17.0 Å². The third-order valence-corrected chi connectivity index (χ3v) is 4.85. The topological polar surface area (TPSA) is 90.1 Å². The number of piperazine rings is 1. The van der Waals surface area contributed by atoms with E-state index in [1.165, 1.54) is 0 Å². The van der Waals surface area contributed by atoms with Crippen LogP contribution in [0.2, 0.25) is 0 Å². The predicted octanol–water partition coefficient (Wildman–Crippen LogP) is 1.49. The number of anilines is 1. The lowest BCUT2D eigenvalue weighted by Gasteiger charge is -2.34. The highest BCUT2D eigenvalue weighted by Gasteiger charge is 2.21. The average Bonchev–Trinajstić information content (AvgIpc) is 3.17. The van der Waals surface area contributed by atoms with Crippen LogP contribution in [0.5, 0.6) is 5.75 Å². The molecular weight excluding hydrogens is 344 g/mol. The van der Waals surface area contributed by atoms with Gasteiger partial charge in [-0.1, -0.05) is 0 Å². The number of aromatic amines is 2. The molecule has 1 aromatic carbocycles. The molecule has 27 heavy (non-hydrogen) atoms. The highest BCUT2D eigenvalue weighted by atomic mass is 16.5. The maximum Gasteiger partial charge on any atom is 0.290 e. The fourth-order valence-corrected chi connectivity index (χ4v) is 3.37. The summed E-state index contributed by atoms with van der Waals surface area (Å²) in [6.45, 7) is 4.09. The van der Waals surface area contributed by atoms with E-state index in [2.05, 4.69) is 25.1 Å². The number of H-pyrrole nitrogens is 2. The number of nitrogens with zero attached hydrogens (tertiary/aromatic N) is 4. The number of nitrogens with one attached hydrogen (secondary N) is 2. The van der Waals surface area contributed by atoms with Gasteiger partial charge in [0.15, 0.2) is 5.82 Å². The monoisotopic (exact) mass is 366 g/mol. The Bertz CT molecular complexity index is 941. The predicted molar refractivity (Wildman–Crippen MR) is 103 cm³/mol. The fourth-order valence-electron chi connectivity index (χ4n) is 3.37. The van der Waals surface area contributed by atoms with Crippen molar-refractivity contribution in [3.05, 3.63) is 58.8 Å². The molecule has 0 atom stereocenters. The average molecular weight is 366 g/mol. The molecule has 140 valence electrons. The van der Waals surface area contributed by atoms with Crippen molar-refractivity contribution in [3.63, 3.8) is 0 Å². The van der Waals surface area contributed by atoms with Crippen molar-refractivity contribution in [2.45, 2.75) is 6.54 Å². The summed E-state index contributed by atoms with van der Waals surface area (Å²) in [5.74, 6) is 1.33. The number of aromatic nitrogens is 4. The first kappa shape index (κ1) is 17.3. The van der Waals surface area contributed by atoms with Crippen LogP contribution in [0, 0.1) is 0 Å². The number of methoxy groups -OCH3 is 1. The lowest BCUT2D eigenvalue weighted by molar-refractivity contribution is 0.249. The first-order valence-corrected chi connectivity index (χ1v) is 8.92. The molecule has 2 aromatic heterocycles. The minimum absolute atomic E-state index is 0.137. The van der Waals surface area contributed by atoms with E-state index in [0.29, 0.717) is 5.82 Å². The number of benzene rings is 1. The fraction of sp³-hybridized carbons (Fsp3) is 0.316. The second-order valence-electron chi connectivity index (χ2n) is 6.50. The third-order valence-electron chi connectivity index (χ3n) is 4.85. The summed E-state index contributed by atoms with van der Waals surface area (Å²) in [7, 11) is 1.66. The summed E-state index contributed by atoms with van der Waals surface area (Å²) in [4.78, 5) is 23.2. The van der Waals surface area contributed by atoms with Gasteiger partial charge in [-0.25, -0.2) is 4.98 Å². The van der Waals surface area contributed by atoms with E-state index in [1.54, 1.807) is 19.5 Å². The molecule has 0 aliphatic carbocycles. The minimum Gasteiger partial charge on any atom is -0.497 e. The molecule has 2 N–H and O–H groups in total. The summed E-state index contributed by atoms with van der Waals surface area (Å²) in [5.41, 5.74) is 3.13. The van der Waals surface area contributed by atoms with Gasteiger partial charge in [0.2, 0.25) is 0 Å². The molecule has 8 heteroatoms. The molecule has 0 bridgehead atoms. The molecule has 1 fully saturated rings. The SMILES string of the molecule is COc1ccc(-c2[nH]ncc2CN2CCN(c3ncc[nH]c3=O)CC2)cc1. The first-order valence-electron chi connectivity index (χ1n) is 8.92. The first-order chi connectivity index (χ1) is 13.2. The summed E-state index contributed by atoms with van der Waals surface area (Å²) in [6.07, 6.45) is 5.06. The summed E-state index contributed by atoms with van der Waals surface area (Å²) in [5, 5.41) is 7.34. The van der Waals surface area contributed by atoms with Gasteiger partial charge in [0.05, 0.1) is 19.0 Å². The smallest absolute Gasteiger partial charge is 0.290 e. The van der Waals surface area contributed by atoms with Gasteiger partial charge in [0.25, 0.3) is 5.56 Å². The molecule has 1 aliphatic rings. The highest BCUT2D eigenvalue weighted by Crippen LogP contribution is 2.25. The van der Waals surface area contributed by atoms with Gasteiger partial charge < -0.3 is 14.6 Å². The van der Waals surface area contributed by atoms with Crippen molar-refractivity contribution < 1.29 is 4.74 Å². The molecule has 3 heterocycles. The second-order valence-corrected chi connectivity index (χ2v) is 6.50. The van der Waals surface area contributed by atoms with Crippen molar-refractivity contribution in [1.82, 2.24) is 25.1 Å². The van der Waals surface area contributed by atoms with Gasteiger partial charge in [-0.3, -0.25) is 14.8 Å². The Morgan fingerprint density at radius 2 is 1.93 bits per heavy atom. The Balaban J connectivity index is 1.42. The largest absolute Gasteiger partial charge is 0.497 e. The van der Waals surface area contributed by atoms with Crippen LogP contribution in [-0.2, 0) is 6.54 Å². The van der Waals surface area contributed by atoms with Crippen molar-refractivity contribution in [1.29, 1.82) is 0 Å². The Labute approximate surface area is 156 Å². The van der Waals surface area contributed by atoms with Crippen molar-refractivity contribution in [2.75, 3.05) is 38.2 Å². The zero-order valence-electron chi connectivity index (χ0n) is 15.2. The van der Waals surface area contributed by atoms with Gasteiger partial charge in [0.1, 0.15) is 5.75 Å². The molecule has 4 rings (SSSR count). The molecule has 3 aromatic rings. The lowest BCUT2D eigenvalue weighted by Crippen LogP contribution is -2.47. The van der Waals surface area contributed by atoms with Crippen molar-refractivity contribution >= 4 is 5.82 Å². The minimum atomic E-state index is -0.137. The normalized spacial score (nSPS) is 15.1. The molecule has 0 radical (unpaired) electrons. The molecule has 0 spiro atoms. The maximum atomic E-state index is 11.9. The molecule has 8 nitrogen and oxygen atoms in total. The molecule has 1 aliphatic heterocycles. The standard InChI is InChI=1S/C19H22N6O2/c1-27-16-4-2-14(3-5-16)17-15(12-22-23-17)13-24-8-10-25(11-9-24)18-19(26)21-7-6-20-18/h2-7,12H,8-11,13H2,1H3,(H,21,26)(H,22,23). The van der Waals surface area contributed by atoms with Crippen LogP contribution in [0.3, 0.4) is 0 Å². The number of hydrogen-bond donors (Lipinski definition) is 2. The quantitative estimate of drug-likeness (QED) is 0.711. The Morgan fingerprint density at radius 3 is 2.63 bits per heavy atom. The summed E-state index contributed by atoms with van der Waals surface area (Å²) >= 11 is 0. The third kappa shape index (κ3) is 3.70. The van der Waals surface area contributed by atoms with Crippen LogP contribution in [0.15, 0.2) is 47.7 Å². The van der Waals surface area contributed by atoms with E-state index in [0.717, 1.165) is 55.3 Å². The number of rotatable bonds is 5.